The molecule has 2 rings (SSSR count). The van der Waals surface area contributed by atoms with E-state index in [4.69, 9.17) is 0 Å². The Balaban J connectivity index is 1.87. The minimum atomic E-state index is 0.450. The van der Waals surface area contributed by atoms with Gasteiger partial charge in [-0.2, -0.15) is 0 Å². The van der Waals surface area contributed by atoms with Crippen LogP contribution in [0, 0.1) is 16.7 Å². The second kappa shape index (κ2) is 6.79. The summed E-state index contributed by atoms with van der Waals surface area (Å²) >= 11 is 0. The molecular weight excluding hydrogens is 244 g/mol. The summed E-state index contributed by atoms with van der Waals surface area (Å²) in [6.07, 6.45) is 8.36. The SMILES string of the molecule is CC(C)(CN1CCCCC1)CC(C)(C)C1CCNCC1. The molecule has 0 atom stereocenters. The summed E-state index contributed by atoms with van der Waals surface area (Å²) in [7, 11) is 0. The van der Waals surface area contributed by atoms with Crippen molar-refractivity contribution < 1.29 is 0 Å². The zero-order chi connectivity index (χ0) is 14.6. The second-order valence-corrected chi connectivity index (χ2v) is 8.69. The summed E-state index contributed by atoms with van der Waals surface area (Å²) in [4.78, 5) is 2.71. The summed E-state index contributed by atoms with van der Waals surface area (Å²) in [5.41, 5.74) is 0.938. The summed E-state index contributed by atoms with van der Waals surface area (Å²) < 4.78 is 0. The molecule has 2 nitrogen and oxygen atoms in total. The van der Waals surface area contributed by atoms with Gasteiger partial charge < -0.3 is 10.2 Å². The predicted octanol–water partition coefficient (Wildman–Crippen LogP) is 3.91. The predicted molar refractivity (Wildman–Crippen MR) is 88.1 cm³/mol. The van der Waals surface area contributed by atoms with Crippen molar-refractivity contribution in [3.8, 4) is 0 Å². The molecule has 118 valence electrons. The first-order chi connectivity index (χ1) is 9.39. The molecule has 2 heterocycles. The van der Waals surface area contributed by atoms with Crippen molar-refractivity contribution >= 4 is 0 Å². The largest absolute Gasteiger partial charge is 0.317 e. The summed E-state index contributed by atoms with van der Waals surface area (Å²) in [6, 6.07) is 0. The van der Waals surface area contributed by atoms with Gasteiger partial charge in [0.15, 0.2) is 0 Å². The molecule has 0 aromatic heterocycles. The lowest BCUT2D eigenvalue weighted by Crippen LogP contribution is -2.42. The van der Waals surface area contributed by atoms with Crippen molar-refractivity contribution in [3.05, 3.63) is 0 Å². The normalized spacial score (nSPS) is 24.0. The Hall–Kier alpha value is -0.0800. The molecule has 2 aliphatic rings. The lowest BCUT2D eigenvalue weighted by molar-refractivity contribution is 0.0646. The van der Waals surface area contributed by atoms with Gasteiger partial charge >= 0.3 is 0 Å². The minimum absolute atomic E-state index is 0.450. The van der Waals surface area contributed by atoms with Crippen molar-refractivity contribution in [2.45, 2.75) is 66.2 Å². The Bertz CT molecular complexity index is 284. The number of piperidine rings is 2. The van der Waals surface area contributed by atoms with Gasteiger partial charge in [0.05, 0.1) is 0 Å². The van der Waals surface area contributed by atoms with Crippen LogP contribution in [-0.4, -0.2) is 37.6 Å². The molecule has 0 unspecified atom stereocenters. The maximum atomic E-state index is 3.51. The second-order valence-electron chi connectivity index (χ2n) is 8.69. The Morgan fingerprint density at radius 3 is 2.15 bits per heavy atom. The maximum absolute atomic E-state index is 3.51. The first-order valence-electron chi connectivity index (χ1n) is 8.82. The van der Waals surface area contributed by atoms with Crippen LogP contribution >= 0.6 is 0 Å². The Kier molecular flexibility index (Phi) is 5.53. The molecule has 0 spiro atoms. The average molecular weight is 281 g/mol. The topological polar surface area (TPSA) is 15.3 Å². The van der Waals surface area contributed by atoms with Crippen LogP contribution in [0.15, 0.2) is 0 Å². The molecule has 0 aromatic carbocycles. The van der Waals surface area contributed by atoms with Crippen LogP contribution < -0.4 is 5.32 Å². The highest BCUT2D eigenvalue weighted by Crippen LogP contribution is 2.43. The van der Waals surface area contributed by atoms with E-state index in [9.17, 15) is 0 Å². The quantitative estimate of drug-likeness (QED) is 0.821. The van der Waals surface area contributed by atoms with Crippen LogP contribution in [0.4, 0.5) is 0 Å². The first kappa shape index (κ1) is 16.3. The molecule has 0 radical (unpaired) electrons. The van der Waals surface area contributed by atoms with E-state index in [0.29, 0.717) is 10.8 Å². The third-order valence-electron chi connectivity index (χ3n) is 5.48. The fourth-order valence-electron chi connectivity index (χ4n) is 4.76. The monoisotopic (exact) mass is 280 g/mol. The first-order valence-corrected chi connectivity index (χ1v) is 8.82. The van der Waals surface area contributed by atoms with Gasteiger partial charge in [-0.25, -0.2) is 0 Å². The van der Waals surface area contributed by atoms with Crippen LogP contribution in [-0.2, 0) is 0 Å². The van der Waals surface area contributed by atoms with E-state index in [0.717, 1.165) is 5.92 Å². The van der Waals surface area contributed by atoms with Crippen molar-refractivity contribution in [1.82, 2.24) is 10.2 Å². The Morgan fingerprint density at radius 1 is 0.950 bits per heavy atom. The number of hydrogen-bond acceptors (Lipinski definition) is 2. The summed E-state index contributed by atoms with van der Waals surface area (Å²) in [5, 5.41) is 3.51. The number of rotatable bonds is 5. The highest BCUT2D eigenvalue weighted by Gasteiger charge is 2.36. The number of nitrogens with zero attached hydrogens (tertiary/aromatic N) is 1. The van der Waals surface area contributed by atoms with Gasteiger partial charge in [-0.15, -0.1) is 0 Å². The zero-order valence-corrected chi connectivity index (χ0v) is 14.3. The van der Waals surface area contributed by atoms with E-state index >= 15 is 0 Å². The number of likely N-dealkylation sites (tertiary alicyclic amines) is 1. The van der Waals surface area contributed by atoms with Gasteiger partial charge in [-0.3, -0.25) is 0 Å². The van der Waals surface area contributed by atoms with E-state index in [1.807, 2.05) is 0 Å². The van der Waals surface area contributed by atoms with Crippen LogP contribution in [0.1, 0.15) is 66.2 Å². The van der Waals surface area contributed by atoms with E-state index in [2.05, 4.69) is 37.9 Å². The van der Waals surface area contributed by atoms with Gasteiger partial charge in [0.1, 0.15) is 0 Å². The fourth-order valence-corrected chi connectivity index (χ4v) is 4.76. The van der Waals surface area contributed by atoms with Gasteiger partial charge in [0, 0.05) is 6.54 Å². The van der Waals surface area contributed by atoms with Crippen LogP contribution in [0.25, 0.3) is 0 Å². The molecule has 2 saturated heterocycles. The number of nitrogens with one attached hydrogen (secondary N) is 1. The van der Waals surface area contributed by atoms with E-state index < -0.39 is 0 Å². The fraction of sp³-hybridized carbons (Fsp3) is 1.00. The lowest BCUT2D eigenvalue weighted by atomic mass is 9.65. The zero-order valence-electron chi connectivity index (χ0n) is 14.3. The van der Waals surface area contributed by atoms with Gasteiger partial charge in [-0.1, -0.05) is 34.1 Å². The standard InChI is InChI=1S/C18H36N2/c1-17(2,15-20-12-6-5-7-13-20)14-18(3,4)16-8-10-19-11-9-16/h16,19H,5-15H2,1-4H3. The van der Waals surface area contributed by atoms with E-state index in [-0.39, 0.29) is 0 Å². The molecule has 20 heavy (non-hydrogen) atoms. The summed E-state index contributed by atoms with van der Waals surface area (Å²) in [5.74, 6) is 0.907. The molecule has 0 bridgehead atoms. The van der Waals surface area contributed by atoms with Gasteiger partial charge in [0.2, 0.25) is 0 Å². The van der Waals surface area contributed by atoms with Crippen LogP contribution in [0.5, 0.6) is 0 Å². The smallest absolute Gasteiger partial charge is 0.00329 e. The maximum Gasteiger partial charge on any atom is 0.00329 e. The van der Waals surface area contributed by atoms with E-state index in [1.54, 1.807) is 0 Å². The Morgan fingerprint density at radius 2 is 1.55 bits per heavy atom. The van der Waals surface area contributed by atoms with Crippen LogP contribution in [0.2, 0.25) is 0 Å². The van der Waals surface area contributed by atoms with Gasteiger partial charge in [0.25, 0.3) is 0 Å². The minimum Gasteiger partial charge on any atom is -0.317 e. The van der Waals surface area contributed by atoms with Crippen molar-refractivity contribution in [3.63, 3.8) is 0 Å². The summed E-state index contributed by atoms with van der Waals surface area (Å²) in [6.45, 7) is 16.4. The van der Waals surface area contributed by atoms with Crippen molar-refractivity contribution in [2.24, 2.45) is 16.7 Å². The average Bonchev–Trinajstić information content (AvgIpc) is 2.39. The van der Waals surface area contributed by atoms with Crippen molar-refractivity contribution in [1.29, 1.82) is 0 Å². The highest BCUT2D eigenvalue weighted by molar-refractivity contribution is 4.88. The molecule has 0 amide bonds. The third kappa shape index (κ3) is 4.73. The molecule has 2 fully saturated rings. The molecule has 0 saturated carbocycles. The number of hydrogen-bond donors (Lipinski definition) is 1. The molecule has 2 heteroatoms. The van der Waals surface area contributed by atoms with Gasteiger partial charge in [-0.05, 0) is 75.0 Å². The third-order valence-corrected chi connectivity index (χ3v) is 5.48. The van der Waals surface area contributed by atoms with Crippen LogP contribution in [0.3, 0.4) is 0 Å². The lowest BCUT2D eigenvalue weighted by Gasteiger charge is -2.44. The molecule has 0 aromatic rings. The van der Waals surface area contributed by atoms with Crippen molar-refractivity contribution in [2.75, 3.05) is 32.7 Å². The molecule has 2 aliphatic heterocycles. The molecular formula is C18H36N2. The van der Waals surface area contributed by atoms with E-state index in [1.165, 1.54) is 71.2 Å². The molecule has 0 aliphatic carbocycles. The molecule has 1 N–H and O–H groups in total. The Labute approximate surface area is 126 Å². The highest BCUT2D eigenvalue weighted by atomic mass is 15.1.